The third-order valence-corrected chi connectivity index (χ3v) is 5.18. The topological polar surface area (TPSA) is 33.7 Å². The first-order valence-electron chi connectivity index (χ1n) is 10.5. The molecule has 1 unspecified atom stereocenters. The van der Waals surface area contributed by atoms with E-state index < -0.39 is 17.8 Å². The van der Waals surface area contributed by atoms with Gasteiger partial charge in [0.25, 0.3) is 0 Å². The minimum atomic E-state index is -4.42. The molecular formula is C23H29F3N2O2. The van der Waals surface area contributed by atoms with Crippen molar-refractivity contribution in [3.05, 3.63) is 59.2 Å². The van der Waals surface area contributed by atoms with Gasteiger partial charge in [0.2, 0.25) is 0 Å². The van der Waals surface area contributed by atoms with Crippen LogP contribution in [-0.4, -0.2) is 44.3 Å². The molecule has 1 atom stereocenters. The molecule has 0 saturated carbocycles. The zero-order valence-electron chi connectivity index (χ0n) is 17.5. The summed E-state index contributed by atoms with van der Waals surface area (Å²) in [5, 5.41) is 3.33. The first-order chi connectivity index (χ1) is 14.5. The summed E-state index contributed by atoms with van der Waals surface area (Å²) >= 11 is 0. The number of benzene rings is 2. The highest BCUT2D eigenvalue weighted by Crippen LogP contribution is 2.41. The number of hydrogen-bond acceptors (Lipinski definition) is 4. The highest BCUT2D eigenvalue weighted by Gasteiger charge is 2.37. The first kappa shape index (κ1) is 22.4. The number of alkyl halides is 3. The summed E-state index contributed by atoms with van der Waals surface area (Å²) in [6.07, 6.45) is -3.55. The Balaban J connectivity index is 2.13. The van der Waals surface area contributed by atoms with Crippen LogP contribution in [0.2, 0.25) is 0 Å². The number of halogens is 3. The van der Waals surface area contributed by atoms with Gasteiger partial charge in [-0.3, -0.25) is 4.90 Å². The van der Waals surface area contributed by atoms with Crippen LogP contribution in [0.1, 0.15) is 43.0 Å². The van der Waals surface area contributed by atoms with Gasteiger partial charge in [0.1, 0.15) is 0 Å². The largest absolute Gasteiger partial charge is 0.490 e. The summed E-state index contributed by atoms with van der Waals surface area (Å²) in [7, 11) is 0. The van der Waals surface area contributed by atoms with E-state index in [1.54, 1.807) is 18.2 Å². The summed E-state index contributed by atoms with van der Waals surface area (Å²) in [6.45, 7) is 7.65. The molecule has 7 heteroatoms. The molecule has 30 heavy (non-hydrogen) atoms. The summed E-state index contributed by atoms with van der Waals surface area (Å²) in [4.78, 5) is 2.12. The Labute approximate surface area is 176 Å². The second kappa shape index (κ2) is 10.2. The van der Waals surface area contributed by atoms with Crippen LogP contribution < -0.4 is 14.8 Å². The molecule has 0 amide bonds. The molecule has 164 valence electrons. The van der Waals surface area contributed by atoms with E-state index in [2.05, 4.69) is 10.2 Å². The van der Waals surface area contributed by atoms with Gasteiger partial charge >= 0.3 is 6.18 Å². The molecule has 2 aromatic carbocycles. The molecule has 1 aliphatic rings. The number of nitrogens with zero attached hydrogens (tertiary/aromatic N) is 1. The van der Waals surface area contributed by atoms with Crippen molar-refractivity contribution in [3.63, 3.8) is 0 Å². The third kappa shape index (κ3) is 5.26. The first-order valence-corrected chi connectivity index (χ1v) is 10.5. The van der Waals surface area contributed by atoms with Gasteiger partial charge in [-0.05, 0) is 56.1 Å². The fourth-order valence-corrected chi connectivity index (χ4v) is 3.94. The van der Waals surface area contributed by atoms with E-state index in [-0.39, 0.29) is 5.56 Å². The molecule has 1 fully saturated rings. The van der Waals surface area contributed by atoms with Crippen LogP contribution in [0.3, 0.4) is 0 Å². The van der Waals surface area contributed by atoms with Crippen LogP contribution in [0.15, 0.2) is 42.5 Å². The molecule has 0 aromatic heterocycles. The fraction of sp³-hybridized carbons (Fsp3) is 0.478. The zero-order valence-corrected chi connectivity index (χ0v) is 17.5. The molecule has 0 aliphatic carbocycles. The Bertz CT molecular complexity index is 818. The van der Waals surface area contributed by atoms with Crippen molar-refractivity contribution in [3.8, 4) is 11.5 Å². The fourth-order valence-electron chi connectivity index (χ4n) is 3.94. The Kier molecular flexibility index (Phi) is 7.61. The van der Waals surface area contributed by atoms with E-state index in [0.29, 0.717) is 37.8 Å². The highest BCUT2D eigenvalue weighted by atomic mass is 19.4. The highest BCUT2D eigenvalue weighted by molar-refractivity contribution is 5.47. The van der Waals surface area contributed by atoms with Crippen molar-refractivity contribution in [1.82, 2.24) is 10.2 Å². The SMILES string of the molecule is CCOc1ccc(C(c2ccccc2C(F)(F)F)N2CCCNCC2)cc1OCC. The van der Waals surface area contributed by atoms with E-state index >= 15 is 0 Å². The maximum atomic E-state index is 13.9. The molecule has 1 heterocycles. The van der Waals surface area contributed by atoms with Gasteiger partial charge in [-0.25, -0.2) is 0 Å². The Morgan fingerprint density at radius 3 is 2.43 bits per heavy atom. The van der Waals surface area contributed by atoms with Crippen molar-refractivity contribution >= 4 is 0 Å². The lowest BCUT2D eigenvalue weighted by Gasteiger charge is -2.33. The lowest BCUT2D eigenvalue weighted by molar-refractivity contribution is -0.138. The molecule has 1 aliphatic heterocycles. The molecule has 0 radical (unpaired) electrons. The predicted octanol–water partition coefficient (Wildman–Crippen LogP) is 4.89. The average molecular weight is 422 g/mol. The molecule has 2 aromatic rings. The molecule has 1 N–H and O–H groups in total. The Hall–Kier alpha value is -2.25. The van der Waals surface area contributed by atoms with Crippen molar-refractivity contribution in [2.45, 2.75) is 32.5 Å². The standard InChI is InChI=1S/C23H29F3N2O2/c1-3-29-20-11-10-17(16-21(20)30-4-2)22(28-14-7-12-27-13-15-28)18-8-5-6-9-19(18)23(24,25)26/h5-6,8-11,16,22,27H,3-4,7,12-15H2,1-2H3. The van der Waals surface area contributed by atoms with Crippen molar-refractivity contribution in [1.29, 1.82) is 0 Å². The summed E-state index contributed by atoms with van der Waals surface area (Å²) in [6, 6.07) is 10.8. The monoisotopic (exact) mass is 422 g/mol. The van der Waals surface area contributed by atoms with Crippen molar-refractivity contribution < 1.29 is 22.6 Å². The minimum Gasteiger partial charge on any atom is -0.490 e. The molecule has 4 nitrogen and oxygen atoms in total. The number of nitrogens with one attached hydrogen (secondary N) is 1. The van der Waals surface area contributed by atoms with Gasteiger partial charge in [-0.2, -0.15) is 13.2 Å². The summed E-state index contributed by atoms with van der Waals surface area (Å²) in [5.74, 6) is 1.16. The smallest absolute Gasteiger partial charge is 0.416 e. The van der Waals surface area contributed by atoms with Crippen LogP contribution >= 0.6 is 0 Å². The molecule has 1 saturated heterocycles. The van der Waals surface area contributed by atoms with Gasteiger partial charge in [0, 0.05) is 19.6 Å². The lowest BCUT2D eigenvalue weighted by atomic mass is 9.92. The van der Waals surface area contributed by atoms with Gasteiger partial charge < -0.3 is 14.8 Å². The van der Waals surface area contributed by atoms with E-state index in [9.17, 15) is 13.2 Å². The van der Waals surface area contributed by atoms with E-state index in [1.165, 1.54) is 6.07 Å². The van der Waals surface area contributed by atoms with Gasteiger partial charge in [0.15, 0.2) is 11.5 Å². The maximum absolute atomic E-state index is 13.9. The second-order valence-electron chi connectivity index (χ2n) is 7.20. The van der Waals surface area contributed by atoms with Gasteiger partial charge in [-0.1, -0.05) is 24.3 Å². The zero-order chi connectivity index (χ0) is 21.6. The van der Waals surface area contributed by atoms with Crippen LogP contribution in [0, 0.1) is 0 Å². The van der Waals surface area contributed by atoms with E-state index in [4.69, 9.17) is 9.47 Å². The van der Waals surface area contributed by atoms with Crippen LogP contribution in [0.4, 0.5) is 13.2 Å². The number of rotatable bonds is 7. The molecule has 0 bridgehead atoms. The molecular weight excluding hydrogens is 393 g/mol. The predicted molar refractivity (Wildman–Crippen MR) is 111 cm³/mol. The van der Waals surface area contributed by atoms with Crippen molar-refractivity contribution in [2.24, 2.45) is 0 Å². The summed E-state index contributed by atoms with van der Waals surface area (Å²) < 4.78 is 53.0. The van der Waals surface area contributed by atoms with E-state index in [0.717, 1.165) is 31.1 Å². The summed E-state index contributed by atoms with van der Waals surface area (Å²) in [5.41, 5.74) is 0.429. The third-order valence-electron chi connectivity index (χ3n) is 5.18. The molecule has 3 rings (SSSR count). The van der Waals surface area contributed by atoms with Crippen LogP contribution in [0.25, 0.3) is 0 Å². The number of hydrogen-bond donors (Lipinski definition) is 1. The van der Waals surface area contributed by atoms with Gasteiger partial charge in [0.05, 0.1) is 24.8 Å². The quantitative estimate of drug-likeness (QED) is 0.689. The van der Waals surface area contributed by atoms with Crippen molar-refractivity contribution in [2.75, 3.05) is 39.4 Å². The van der Waals surface area contributed by atoms with Crippen LogP contribution in [-0.2, 0) is 6.18 Å². The maximum Gasteiger partial charge on any atom is 0.416 e. The lowest BCUT2D eigenvalue weighted by Crippen LogP contribution is -2.34. The molecule has 0 spiro atoms. The van der Waals surface area contributed by atoms with E-state index in [1.807, 2.05) is 26.0 Å². The Morgan fingerprint density at radius 2 is 1.70 bits per heavy atom. The van der Waals surface area contributed by atoms with Crippen LogP contribution in [0.5, 0.6) is 11.5 Å². The normalized spacial score (nSPS) is 16.7. The number of ether oxygens (including phenoxy) is 2. The average Bonchev–Trinajstić information content (AvgIpc) is 2.99. The Morgan fingerprint density at radius 1 is 0.967 bits per heavy atom. The van der Waals surface area contributed by atoms with Gasteiger partial charge in [-0.15, -0.1) is 0 Å². The second-order valence-corrected chi connectivity index (χ2v) is 7.20. The minimum absolute atomic E-state index is 0.263.